The van der Waals surface area contributed by atoms with Gasteiger partial charge in [-0.1, -0.05) is 17.6 Å². The molecule has 0 aliphatic carbocycles. The molecule has 1 heterocycles. The third kappa shape index (κ3) is 1.88. The van der Waals surface area contributed by atoms with E-state index >= 15 is 0 Å². The molecule has 0 N–H and O–H groups in total. The van der Waals surface area contributed by atoms with Gasteiger partial charge in [-0.25, -0.2) is 0 Å². The van der Waals surface area contributed by atoms with Gasteiger partial charge in [0.25, 0.3) is 0 Å². The van der Waals surface area contributed by atoms with E-state index in [-0.39, 0.29) is 0 Å². The van der Waals surface area contributed by atoms with Crippen molar-refractivity contribution >= 4 is 24.3 Å². The first-order valence-corrected chi connectivity index (χ1v) is 5.70. The van der Waals surface area contributed by atoms with E-state index in [2.05, 4.69) is 0 Å². The van der Waals surface area contributed by atoms with Crippen molar-refractivity contribution < 1.29 is 9.15 Å². The van der Waals surface area contributed by atoms with E-state index in [1.54, 1.807) is 7.11 Å². The number of hydrogen-bond acceptors (Lipinski definition) is 2. The summed E-state index contributed by atoms with van der Waals surface area (Å²) in [6, 6.07) is 15.4. The minimum atomic E-state index is 0.740. The van der Waals surface area contributed by atoms with Crippen LogP contribution in [0.5, 0.6) is 5.75 Å². The molecule has 0 saturated carbocycles. The standard InChI is InChI=1S/C15H11BO2/c1-17-13-5-2-10(3-6-13)15-9-11-8-12(16)4-7-14(11)18-15/h2-9H,1H3. The maximum Gasteiger partial charge on any atom is 0.135 e. The summed E-state index contributed by atoms with van der Waals surface area (Å²) in [5.41, 5.74) is 2.60. The number of benzene rings is 2. The number of furan rings is 1. The summed E-state index contributed by atoms with van der Waals surface area (Å²) in [5, 5.41) is 1.01. The van der Waals surface area contributed by atoms with Crippen molar-refractivity contribution in [2.45, 2.75) is 0 Å². The molecule has 0 aliphatic rings. The molecular weight excluding hydrogens is 223 g/mol. The molecule has 2 radical (unpaired) electrons. The van der Waals surface area contributed by atoms with Crippen molar-refractivity contribution in [1.29, 1.82) is 0 Å². The molecule has 0 fully saturated rings. The first-order chi connectivity index (χ1) is 8.76. The molecule has 0 atom stereocenters. The van der Waals surface area contributed by atoms with E-state index in [9.17, 15) is 0 Å². The summed E-state index contributed by atoms with van der Waals surface area (Å²) in [4.78, 5) is 0. The molecule has 3 aromatic rings. The lowest BCUT2D eigenvalue weighted by atomic mass is 9.95. The fourth-order valence-corrected chi connectivity index (χ4v) is 1.96. The third-order valence-corrected chi connectivity index (χ3v) is 2.91. The van der Waals surface area contributed by atoms with Crippen LogP contribution in [0, 0.1) is 0 Å². The topological polar surface area (TPSA) is 22.4 Å². The molecule has 0 amide bonds. The molecule has 86 valence electrons. The fourth-order valence-electron chi connectivity index (χ4n) is 1.96. The molecule has 3 heteroatoms. The van der Waals surface area contributed by atoms with Crippen LogP contribution >= 0.6 is 0 Å². The van der Waals surface area contributed by atoms with Crippen molar-refractivity contribution in [3.63, 3.8) is 0 Å². The Morgan fingerprint density at radius 1 is 1.00 bits per heavy atom. The minimum absolute atomic E-state index is 0.740. The summed E-state index contributed by atoms with van der Waals surface area (Å²) in [6.07, 6.45) is 0. The number of rotatable bonds is 2. The van der Waals surface area contributed by atoms with Crippen molar-refractivity contribution in [3.05, 3.63) is 48.5 Å². The predicted molar refractivity (Wildman–Crippen MR) is 73.6 cm³/mol. The molecule has 2 aromatic carbocycles. The smallest absolute Gasteiger partial charge is 0.135 e. The third-order valence-electron chi connectivity index (χ3n) is 2.91. The van der Waals surface area contributed by atoms with Crippen LogP contribution in [0.4, 0.5) is 0 Å². The molecule has 0 unspecified atom stereocenters. The maximum atomic E-state index is 5.79. The zero-order valence-corrected chi connectivity index (χ0v) is 10.0. The second kappa shape index (κ2) is 4.26. The summed E-state index contributed by atoms with van der Waals surface area (Å²) in [6.45, 7) is 0. The van der Waals surface area contributed by atoms with Crippen LogP contribution in [0.25, 0.3) is 22.3 Å². The Kier molecular flexibility index (Phi) is 2.60. The van der Waals surface area contributed by atoms with E-state index in [0.29, 0.717) is 0 Å². The zero-order chi connectivity index (χ0) is 12.5. The number of fused-ring (bicyclic) bond motifs is 1. The summed E-state index contributed by atoms with van der Waals surface area (Å²) < 4.78 is 10.9. The van der Waals surface area contributed by atoms with E-state index in [0.717, 1.165) is 33.5 Å². The van der Waals surface area contributed by atoms with Crippen LogP contribution in [-0.2, 0) is 0 Å². The normalized spacial score (nSPS) is 10.7. The Morgan fingerprint density at radius 3 is 2.50 bits per heavy atom. The lowest BCUT2D eigenvalue weighted by Gasteiger charge is -2.00. The first kappa shape index (κ1) is 11.0. The monoisotopic (exact) mass is 234 g/mol. The Morgan fingerprint density at radius 2 is 1.78 bits per heavy atom. The minimum Gasteiger partial charge on any atom is -0.497 e. The van der Waals surface area contributed by atoms with Crippen molar-refractivity contribution in [3.8, 4) is 17.1 Å². The average molecular weight is 234 g/mol. The fraction of sp³-hybridized carbons (Fsp3) is 0.0667. The van der Waals surface area contributed by atoms with E-state index < -0.39 is 0 Å². The molecule has 0 bridgehead atoms. The highest BCUT2D eigenvalue weighted by Crippen LogP contribution is 2.28. The lowest BCUT2D eigenvalue weighted by Crippen LogP contribution is -1.98. The average Bonchev–Trinajstić information content (AvgIpc) is 2.81. The first-order valence-electron chi connectivity index (χ1n) is 5.70. The van der Waals surface area contributed by atoms with Crippen molar-refractivity contribution in [2.24, 2.45) is 0 Å². The van der Waals surface area contributed by atoms with Crippen LogP contribution in [0.3, 0.4) is 0 Å². The van der Waals surface area contributed by atoms with Gasteiger partial charge in [-0.15, -0.1) is 0 Å². The van der Waals surface area contributed by atoms with Gasteiger partial charge in [0.2, 0.25) is 0 Å². The van der Waals surface area contributed by atoms with Crippen LogP contribution in [0.1, 0.15) is 0 Å². The zero-order valence-electron chi connectivity index (χ0n) is 10.0. The highest BCUT2D eigenvalue weighted by atomic mass is 16.5. The Labute approximate surface area is 107 Å². The number of hydrogen-bond donors (Lipinski definition) is 0. The molecule has 18 heavy (non-hydrogen) atoms. The molecule has 0 aliphatic heterocycles. The van der Waals surface area contributed by atoms with E-state index in [4.69, 9.17) is 17.0 Å². The molecule has 0 saturated heterocycles. The van der Waals surface area contributed by atoms with Gasteiger partial charge >= 0.3 is 0 Å². The van der Waals surface area contributed by atoms with Crippen LogP contribution in [0.2, 0.25) is 0 Å². The molecule has 1 aromatic heterocycles. The molecular formula is C15H11BO2. The summed E-state index contributed by atoms with van der Waals surface area (Å²) in [7, 11) is 7.40. The van der Waals surface area contributed by atoms with E-state index in [1.165, 1.54) is 0 Å². The summed E-state index contributed by atoms with van der Waals surface area (Å²) in [5.74, 6) is 1.66. The highest BCUT2D eigenvalue weighted by Gasteiger charge is 2.06. The van der Waals surface area contributed by atoms with Crippen LogP contribution < -0.4 is 10.2 Å². The Bertz CT molecular complexity index is 683. The van der Waals surface area contributed by atoms with Gasteiger partial charge in [-0.05, 0) is 36.4 Å². The quantitative estimate of drug-likeness (QED) is 0.636. The largest absolute Gasteiger partial charge is 0.497 e. The van der Waals surface area contributed by atoms with Gasteiger partial charge in [0.05, 0.1) is 7.11 Å². The number of ether oxygens (including phenoxy) is 1. The molecule has 2 nitrogen and oxygen atoms in total. The van der Waals surface area contributed by atoms with Gasteiger partial charge in [-0.3, -0.25) is 0 Å². The second-order valence-electron chi connectivity index (χ2n) is 4.14. The van der Waals surface area contributed by atoms with Gasteiger partial charge in [0.15, 0.2) is 0 Å². The van der Waals surface area contributed by atoms with Gasteiger partial charge in [0, 0.05) is 10.9 Å². The Hall–Kier alpha value is -2.16. The van der Waals surface area contributed by atoms with Crippen molar-refractivity contribution in [1.82, 2.24) is 0 Å². The SMILES string of the molecule is [B]c1ccc2oc(-c3ccc(OC)cc3)cc2c1. The maximum absolute atomic E-state index is 5.79. The molecule has 0 spiro atoms. The summed E-state index contributed by atoms with van der Waals surface area (Å²) >= 11 is 0. The highest BCUT2D eigenvalue weighted by molar-refractivity contribution is 6.33. The molecule has 3 rings (SSSR count). The van der Waals surface area contributed by atoms with Gasteiger partial charge < -0.3 is 9.15 Å². The Balaban J connectivity index is 2.07. The predicted octanol–water partition coefficient (Wildman–Crippen LogP) is 2.90. The lowest BCUT2D eigenvalue weighted by molar-refractivity contribution is 0.415. The van der Waals surface area contributed by atoms with Gasteiger partial charge in [0.1, 0.15) is 24.9 Å². The van der Waals surface area contributed by atoms with Crippen LogP contribution in [-0.4, -0.2) is 15.0 Å². The van der Waals surface area contributed by atoms with Crippen LogP contribution in [0.15, 0.2) is 52.9 Å². The van der Waals surface area contributed by atoms with E-state index in [1.807, 2.05) is 48.5 Å². The number of methoxy groups -OCH3 is 1. The second-order valence-corrected chi connectivity index (χ2v) is 4.14. The van der Waals surface area contributed by atoms with Crippen molar-refractivity contribution in [2.75, 3.05) is 7.11 Å². The van der Waals surface area contributed by atoms with Gasteiger partial charge in [-0.2, -0.15) is 0 Å².